The molecule has 1 saturated carbocycles. The van der Waals surface area contributed by atoms with Crippen molar-refractivity contribution in [3.63, 3.8) is 0 Å². The lowest BCUT2D eigenvalue weighted by molar-refractivity contribution is 0.0357. The SMILES string of the molecule is O=C(c1ccc(Cl)c(-n2ccc(=O)[nH]c2=O)c1)N1CCC2(CCC(CN3CCNCC3)CC2)CC1. The van der Waals surface area contributed by atoms with Crippen molar-refractivity contribution in [1.82, 2.24) is 24.7 Å². The Hall–Kier alpha value is -2.42. The van der Waals surface area contributed by atoms with Gasteiger partial charge in [-0.05, 0) is 68.1 Å². The van der Waals surface area contributed by atoms with Gasteiger partial charge in [0.15, 0.2) is 0 Å². The Labute approximate surface area is 210 Å². The summed E-state index contributed by atoms with van der Waals surface area (Å²) in [6.45, 7) is 7.31. The molecule has 2 saturated heterocycles. The fourth-order valence-corrected chi connectivity index (χ4v) is 6.24. The van der Waals surface area contributed by atoms with Gasteiger partial charge < -0.3 is 15.1 Å². The van der Waals surface area contributed by atoms with Crippen LogP contribution in [0.5, 0.6) is 0 Å². The third-order valence-corrected chi connectivity index (χ3v) is 8.60. The molecule has 3 heterocycles. The monoisotopic (exact) mass is 499 g/mol. The summed E-state index contributed by atoms with van der Waals surface area (Å²) in [5.74, 6) is 0.768. The molecule has 1 aromatic carbocycles. The second-order valence-electron chi connectivity index (χ2n) is 10.4. The highest BCUT2D eigenvalue weighted by Crippen LogP contribution is 2.46. The molecule has 3 aliphatic rings. The zero-order valence-electron chi connectivity index (χ0n) is 20.1. The van der Waals surface area contributed by atoms with E-state index in [9.17, 15) is 14.4 Å². The number of halogens is 1. The summed E-state index contributed by atoms with van der Waals surface area (Å²) in [6, 6.07) is 6.23. The van der Waals surface area contributed by atoms with Gasteiger partial charge in [-0.1, -0.05) is 11.6 Å². The summed E-state index contributed by atoms with van der Waals surface area (Å²) in [6.07, 6.45) is 8.62. The van der Waals surface area contributed by atoms with Gasteiger partial charge in [0.2, 0.25) is 0 Å². The van der Waals surface area contributed by atoms with Gasteiger partial charge in [-0.25, -0.2) is 4.79 Å². The number of aromatic nitrogens is 2. The van der Waals surface area contributed by atoms with Crippen LogP contribution in [0.3, 0.4) is 0 Å². The third-order valence-electron chi connectivity index (χ3n) is 8.28. The van der Waals surface area contributed by atoms with E-state index in [4.69, 9.17) is 11.6 Å². The highest BCUT2D eigenvalue weighted by atomic mass is 35.5. The summed E-state index contributed by atoms with van der Waals surface area (Å²) < 4.78 is 1.25. The van der Waals surface area contributed by atoms with Gasteiger partial charge in [0, 0.05) is 63.6 Å². The molecule has 35 heavy (non-hydrogen) atoms. The van der Waals surface area contributed by atoms with Crippen molar-refractivity contribution in [2.75, 3.05) is 45.8 Å². The fraction of sp³-hybridized carbons (Fsp3) is 0.577. The number of nitrogens with one attached hydrogen (secondary N) is 2. The predicted molar refractivity (Wildman–Crippen MR) is 137 cm³/mol. The maximum atomic E-state index is 13.3. The summed E-state index contributed by atoms with van der Waals surface area (Å²) >= 11 is 6.32. The molecule has 3 fully saturated rings. The Morgan fingerprint density at radius 2 is 1.71 bits per heavy atom. The Bertz CT molecular complexity index is 1170. The van der Waals surface area contributed by atoms with Crippen molar-refractivity contribution < 1.29 is 4.79 Å². The number of piperidine rings is 1. The van der Waals surface area contributed by atoms with Gasteiger partial charge in [-0.15, -0.1) is 0 Å². The first-order valence-electron chi connectivity index (χ1n) is 12.8. The number of hydrogen-bond donors (Lipinski definition) is 2. The quantitative estimate of drug-likeness (QED) is 0.674. The Morgan fingerprint density at radius 3 is 2.40 bits per heavy atom. The number of benzene rings is 1. The van der Waals surface area contributed by atoms with E-state index in [0.717, 1.165) is 44.9 Å². The largest absolute Gasteiger partial charge is 0.339 e. The molecule has 2 aliphatic heterocycles. The first-order chi connectivity index (χ1) is 16.9. The Morgan fingerprint density at radius 1 is 1.00 bits per heavy atom. The third kappa shape index (κ3) is 5.39. The van der Waals surface area contributed by atoms with Gasteiger partial charge in [0.05, 0.1) is 10.7 Å². The number of amides is 1. The van der Waals surface area contributed by atoms with E-state index in [1.807, 2.05) is 4.90 Å². The maximum absolute atomic E-state index is 13.3. The lowest BCUT2D eigenvalue weighted by Crippen LogP contribution is -2.47. The van der Waals surface area contributed by atoms with Crippen molar-refractivity contribution in [2.24, 2.45) is 11.3 Å². The van der Waals surface area contributed by atoms with Crippen molar-refractivity contribution >= 4 is 17.5 Å². The number of hydrogen-bond acceptors (Lipinski definition) is 5. The molecule has 2 N–H and O–H groups in total. The summed E-state index contributed by atoms with van der Waals surface area (Å²) in [7, 11) is 0. The smallest absolute Gasteiger partial charge is 0.332 e. The number of aromatic amines is 1. The van der Waals surface area contributed by atoms with Gasteiger partial charge in [-0.2, -0.15) is 0 Å². The summed E-state index contributed by atoms with van der Waals surface area (Å²) in [4.78, 5) is 43.7. The summed E-state index contributed by atoms with van der Waals surface area (Å²) in [5.41, 5.74) is 0.199. The van der Waals surface area contributed by atoms with Crippen LogP contribution in [0.1, 0.15) is 48.9 Å². The van der Waals surface area contributed by atoms with Crippen LogP contribution in [-0.4, -0.2) is 71.1 Å². The molecule has 8 nitrogen and oxygen atoms in total. The lowest BCUT2D eigenvalue weighted by atomic mass is 9.65. The molecule has 9 heteroatoms. The number of carbonyl (C=O) groups excluding carboxylic acids is 1. The van der Waals surface area contributed by atoms with Crippen molar-refractivity contribution in [3.8, 4) is 5.69 Å². The molecule has 5 rings (SSSR count). The van der Waals surface area contributed by atoms with E-state index < -0.39 is 11.2 Å². The molecule has 1 amide bonds. The van der Waals surface area contributed by atoms with Crippen LogP contribution in [-0.2, 0) is 0 Å². The van der Waals surface area contributed by atoms with Crippen molar-refractivity contribution in [1.29, 1.82) is 0 Å². The molecule has 2 aromatic rings. The average molecular weight is 500 g/mol. The maximum Gasteiger partial charge on any atom is 0.332 e. The van der Waals surface area contributed by atoms with Crippen LogP contribution < -0.4 is 16.6 Å². The van der Waals surface area contributed by atoms with Crippen LogP contribution in [0, 0.1) is 11.3 Å². The van der Waals surface area contributed by atoms with Crippen LogP contribution in [0.2, 0.25) is 5.02 Å². The fourth-order valence-electron chi connectivity index (χ4n) is 6.04. The van der Waals surface area contributed by atoms with E-state index in [0.29, 0.717) is 21.7 Å². The molecule has 0 bridgehead atoms. The van der Waals surface area contributed by atoms with Crippen molar-refractivity contribution in [2.45, 2.75) is 38.5 Å². The first-order valence-corrected chi connectivity index (χ1v) is 13.1. The molecule has 188 valence electrons. The molecule has 1 aromatic heterocycles. The van der Waals surface area contributed by atoms with Crippen LogP contribution in [0.4, 0.5) is 0 Å². The number of rotatable bonds is 4. The van der Waals surface area contributed by atoms with Crippen LogP contribution in [0.15, 0.2) is 40.1 Å². The summed E-state index contributed by atoms with van der Waals surface area (Å²) in [5, 5.41) is 3.77. The zero-order valence-corrected chi connectivity index (χ0v) is 20.9. The minimum Gasteiger partial charge on any atom is -0.339 e. The Balaban J connectivity index is 1.20. The normalized spacial score (nSPS) is 21.3. The van der Waals surface area contributed by atoms with E-state index in [1.165, 1.54) is 62.1 Å². The molecule has 1 aliphatic carbocycles. The standard InChI is InChI=1S/C26H34ClN5O3/c27-21-2-1-20(17-22(21)32-12-5-23(33)29-25(32)35)24(34)31-13-8-26(9-14-31)6-3-19(4-7-26)18-30-15-10-28-11-16-30/h1-2,5,12,17,19,28H,3-4,6-11,13-16,18H2,(H,29,33,35). The van der Waals surface area contributed by atoms with E-state index in [1.54, 1.807) is 18.2 Å². The number of carbonyl (C=O) groups is 1. The number of piperazine rings is 1. The minimum atomic E-state index is -0.587. The molecular formula is C26H34ClN5O3. The second kappa shape index (κ2) is 10.3. The van der Waals surface area contributed by atoms with Gasteiger partial charge in [0.1, 0.15) is 0 Å². The molecular weight excluding hydrogens is 466 g/mol. The lowest BCUT2D eigenvalue weighted by Gasteiger charge is -2.46. The van der Waals surface area contributed by atoms with Gasteiger partial charge in [0.25, 0.3) is 11.5 Å². The molecule has 1 spiro atoms. The number of nitrogens with zero attached hydrogens (tertiary/aromatic N) is 3. The van der Waals surface area contributed by atoms with Crippen molar-refractivity contribution in [3.05, 3.63) is 61.9 Å². The zero-order chi connectivity index (χ0) is 24.4. The molecule has 0 radical (unpaired) electrons. The molecule has 0 unspecified atom stereocenters. The van der Waals surface area contributed by atoms with Gasteiger partial charge in [-0.3, -0.25) is 19.1 Å². The van der Waals surface area contributed by atoms with Crippen LogP contribution >= 0.6 is 11.6 Å². The average Bonchev–Trinajstić information content (AvgIpc) is 2.87. The van der Waals surface area contributed by atoms with E-state index >= 15 is 0 Å². The topological polar surface area (TPSA) is 90.4 Å². The van der Waals surface area contributed by atoms with Gasteiger partial charge >= 0.3 is 5.69 Å². The molecule has 0 atom stereocenters. The Kier molecular flexibility index (Phi) is 7.14. The minimum absolute atomic E-state index is 0.0392. The number of likely N-dealkylation sites (tertiary alicyclic amines) is 1. The highest BCUT2D eigenvalue weighted by molar-refractivity contribution is 6.32. The van der Waals surface area contributed by atoms with Crippen LogP contribution in [0.25, 0.3) is 5.69 Å². The predicted octanol–water partition coefficient (Wildman–Crippen LogP) is 2.50. The number of H-pyrrole nitrogens is 1. The van der Waals surface area contributed by atoms with E-state index in [2.05, 4.69) is 15.2 Å². The second-order valence-corrected chi connectivity index (χ2v) is 10.8. The van der Waals surface area contributed by atoms with E-state index in [-0.39, 0.29) is 5.91 Å². The highest BCUT2D eigenvalue weighted by Gasteiger charge is 2.39. The first kappa shape index (κ1) is 24.3.